The average molecular weight is 403 g/mol. The first-order valence-corrected chi connectivity index (χ1v) is 9.49. The van der Waals surface area contributed by atoms with Crippen LogP contribution in [0.15, 0.2) is 24.3 Å². The van der Waals surface area contributed by atoms with Gasteiger partial charge in [-0.05, 0) is 55.2 Å². The van der Waals surface area contributed by atoms with Crippen molar-refractivity contribution in [1.29, 1.82) is 0 Å². The van der Waals surface area contributed by atoms with E-state index in [2.05, 4.69) is 0 Å². The minimum Gasteiger partial charge on any atom is -0.388 e. The second-order valence-electron chi connectivity index (χ2n) is 7.13. The predicted molar refractivity (Wildman–Crippen MR) is 104 cm³/mol. The molecule has 2 atom stereocenters. The third-order valence-corrected chi connectivity index (χ3v) is 5.82. The van der Waals surface area contributed by atoms with Crippen LogP contribution >= 0.6 is 24.0 Å². The summed E-state index contributed by atoms with van der Waals surface area (Å²) in [4.78, 5) is 14.5. The van der Waals surface area contributed by atoms with Gasteiger partial charge in [0.05, 0.1) is 12.1 Å². The molecule has 5 nitrogen and oxygen atoms in total. The molecule has 3 N–H and O–H groups in total. The quantitative estimate of drug-likeness (QED) is 0.811. The van der Waals surface area contributed by atoms with Crippen molar-refractivity contribution in [3.05, 3.63) is 34.9 Å². The van der Waals surface area contributed by atoms with Gasteiger partial charge in [-0.15, -0.1) is 12.4 Å². The summed E-state index contributed by atoms with van der Waals surface area (Å²) in [5.74, 6) is 0.425. The van der Waals surface area contributed by atoms with E-state index in [0.717, 1.165) is 31.2 Å². The molecule has 1 amide bonds. The fourth-order valence-electron chi connectivity index (χ4n) is 3.86. The van der Waals surface area contributed by atoms with Crippen molar-refractivity contribution in [3.8, 4) is 0 Å². The zero-order chi connectivity index (χ0) is 17.8. The lowest BCUT2D eigenvalue weighted by atomic mass is 9.86. The summed E-state index contributed by atoms with van der Waals surface area (Å²) < 4.78 is 5.35. The molecule has 26 heavy (non-hydrogen) atoms. The molecular weight excluding hydrogens is 375 g/mol. The van der Waals surface area contributed by atoms with Crippen molar-refractivity contribution in [2.24, 2.45) is 17.6 Å². The number of hydrogen-bond donors (Lipinski definition) is 2. The van der Waals surface area contributed by atoms with Crippen molar-refractivity contribution in [2.75, 3.05) is 26.3 Å². The summed E-state index contributed by atoms with van der Waals surface area (Å²) in [6.07, 6.45) is 2.78. The maximum absolute atomic E-state index is 12.7. The van der Waals surface area contributed by atoms with Crippen molar-refractivity contribution < 1.29 is 14.6 Å². The van der Waals surface area contributed by atoms with Crippen molar-refractivity contribution in [1.82, 2.24) is 4.90 Å². The summed E-state index contributed by atoms with van der Waals surface area (Å²) in [7, 11) is 0. The predicted octanol–water partition coefficient (Wildman–Crippen LogP) is 2.79. The molecule has 7 heteroatoms. The van der Waals surface area contributed by atoms with Crippen LogP contribution in [0.4, 0.5) is 0 Å². The first kappa shape index (κ1) is 21.5. The minimum atomic E-state index is -0.515. The molecule has 1 aromatic carbocycles. The van der Waals surface area contributed by atoms with Crippen molar-refractivity contribution in [3.63, 3.8) is 0 Å². The number of benzene rings is 1. The van der Waals surface area contributed by atoms with Crippen LogP contribution in [0.25, 0.3) is 0 Å². The molecule has 0 spiro atoms. The summed E-state index contributed by atoms with van der Waals surface area (Å²) in [5, 5.41) is 11.3. The largest absolute Gasteiger partial charge is 0.388 e. The number of carbonyl (C=O) groups is 1. The Labute approximate surface area is 166 Å². The monoisotopic (exact) mass is 402 g/mol. The lowest BCUT2D eigenvalue weighted by Crippen LogP contribution is -2.51. The smallest absolute Gasteiger partial charge is 0.239 e. The molecule has 2 heterocycles. The van der Waals surface area contributed by atoms with Gasteiger partial charge in [-0.2, -0.15) is 0 Å². The molecule has 0 radical (unpaired) electrons. The SMILES string of the molecule is Cl.NC(C(=O)N1CCC(C(O)c2ccc(Cl)cc2)CC1)C1CCOCC1. The summed E-state index contributed by atoms with van der Waals surface area (Å²) in [6.45, 7) is 2.71. The van der Waals surface area contributed by atoms with Crippen LogP contribution in [-0.4, -0.2) is 48.3 Å². The highest BCUT2D eigenvalue weighted by Crippen LogP contribution is 2.32. The standard InChI is InChI=1S/C19H27ClN2O3.ClH/c20-16-3-1-14(2-4-16)18(23)15-5-9-22(10-6-15)19(24)17(21)13-7-11-25-12-8-13;/h1-4,13,15,17-18,23H,5-12,21H2;1H. The van der Waals surface area contributed by atoms with Crippen LogP contribution in [0.5, 0.6) is 0 Å². The van der Waals surface area contributed by atoms with E-state index in [-0.39, 0.29) is 30.2 Å². The number of likely N-dealkylation sites (tertiary alicyclic amines) is 1. The van der Waals surface area contributed by atoms with Crippen LogP contribution in [0.2, 0.25) is 5.02 Å². The molecule has 2 fully saturated rings. The van der Waals surface area contributed by atoms with Gasteiger partial charge in [0, 0.05) is 31.3 Å². The normalized spacial score (nSPS) is 21.7. The lowest BCUT2D eigenvalue weighted by molar-refractivity contribution is -0.136. The number of hydrogen-bond acceptors (Lipinski definition) is 4. The highest BCUT2D eigenvalue weighted by molar-refractivity contribution is 6.30. The molecule has 0 aliphatic carbocycles. The highest BCUT2D eigenvalue weighted by Gasteiger charge is 2.33. The van der Waals surface area contributed by atoms with E-state index in [4.69, 9.17) is 22.1 Å². The van der Waals surface area contributed by atoms with Crippen molar-refractivity contribution >= 4 is 29.9 Å². The Hall–Kier alpha value is -0.850. The molecule has 1 aromatic rings. The Balaban J connectivity index is 0.00000243. The molecule has 146 valence electrons. The van der Waals surface area contributed by atoms with Gasteiger partial charge in [0.2, 0.25) is 5.91 Å². The Morgan fingerprint density at radius 1 is 1.12 bits per heavy atom. The van der Waals surface area contributed by atoms with E-state index in [1.54, 1.807) is 12.1 Å². The lowest BCUT2D eigenvalue weighted by Gasteiger charge is -2.37. The molecule has 2 aliphatic heterocycles. The number of rotatable bonds is 4. The van der Waals surface area contributed by atoms with E-state index in [0.29, 0.717) is 31.3 Å². The van der Waals surface area contributed by atoms with Gasteiger partial charge in [0.25, 0.3) is 0 Å². The van der Waals surface area contributed by atoms with E-state index in [1.165, 1.54) is 0 Å². The first-order chi connectivity index (χ1) is 12.1. The van der Waals surface area contributed by atoms with Crippen LogP contribution in [0, 0.1) is 11.8 Å². The molecule has 2 saturated heterocycles. The molecule has 2 unspecified atom stereocenters. The molecule has 0 saturated carbocycles. The number of amides is 1. The van der Waals surface area contributed by atoms with Gasteiger partial charge in [-0.25, -0.2) is 0 Å². The second-order valence-corrected chi connectivity index (χ2v) is 7.57. The Kier molecular flexibility index (Phi) is 8.17. The number of aliphatic hydroxyl groups is 1. The average Bonchev–Trinajstić information content (AvgIpc) is 2.67. The first-order valence-electron chi connectivity index (χ1n) is 9.12. The fraction of sp³-hybridized carbons (Fsp3) is 0.632. The number of nitrogens with zero attached hydrogens (tertiary/aromatic N) is 1. The summed E-state index contributed by atoms with van der Waals surface area (Å²) >= 11 is 5.90. The number of nitrogens with two attached hydrogens (primary N) is 1. The minimum absolute atomic E-state index is 0. The second kappa shape index (κ2) is 9.90. The molecule has 2 aliphatic rings. The van der Waals surface area contributed by atoms with Gasteiger partial charge >= 0.3 is 0 Å². The van der Waals surface area contributed by atoms with Crippen LogP contribution in [-0.2, 0) is 9.53 Å². The van der Waals surface area contributed by atoms with Crippen LogP contribution in [0.3, 0.4) is 0 Å². The Morgan fingerprint density at radius 3 is 2.27 bits per heavy atom. The fourth-order valence-corrected chi connectivity index (χ4v) is 3.98. The molecule has 0 bridgehead atoms. The Bertz CT molecular complexity index is 571. The van der Waals surface area contributed by atoms with Gasteiger partial charge < -0.3 is 20.5 Å². The molecular formula is C19H28Cl2N2O3. The number of piperidine rings is 1. The van der Waals surface area contributed by atoms with E-state index in [9.17, 15) is 9.90 Å². The topological polar surface area (TPSA) is 75.8 Å². The van der Waals surface area contributed by atoms with Crippen LogP contribution in [0.1, 0.15) is 37.4 Å². The highest BCUT2D eigenvalue weighted by atomic mass is 35.5. The van der Waals surface area contributed by atoms with E-state index >= 15 is 0 Å². The maximum atomic E-state index is 12.7. The Morgan fingerprint density at radius 2 is 1.69 bits per heavy atom. The van der Waals surface area contributed by atoms with Crippen LogP contribution < -0.4 is 5.73 Å². The zero-order valence-corrected chi connectivity index (χ0v) is 16.4. The van der Waals surface area contributed by atoms with Gasteiger partial charge in [0.1, 0.15) is 0 Å². The van der Waals surface area contributed by atoms with Gasteiger partial charge in [-0.1, -0.05) is 23.7 Å². The molecule has 0 aromatic heterocycles. The van der Waals surface area contributed by atoms with Crippen molar-refractivity contribution in [2.45, 2.75) is 37.8 Å². The summed E-state index contributed by atoms with van der Waals surface area (Å²) in [6, 6.07) is 6.90. The number of carbonyl (C=O) groups excluding carboxylic acids is 1. The van der Waals surface area contributed by atoms with Gasteiger partial charge in [0.15, 0.2) is 0 Å². The zero-order valence-electron chi connectivity index (χ0n) is 14.9. The number of halogens is 2. The van der Waals surface area contributed by atoms with Gasteiger partial charge in [-0.3, -0.25) is 4.79 Å². The third-order valence-electron chi connectivity index (χ3n) is 5.57. The number of aliphatic hydroxyl groups excluding tert-OH is 1. The molecule has 3 rings (SSSR count). The third kappa shape index (κ3) is 5.11. The summed E-state index contributed by atoms with van der Waals surface area (Å²) in [5.41, 5.74) is 7.10. The maximum Gasteiger partial charge on any atom is 0.239 e. The van der Waals surface area contributed by atoms with E-state index in [1.807, 2.05) is 17.0 Å². The number of ether oxygens (including phenoxy) is 1. The van der Waals surface area contributed by atoms with E-state index < -0.39 is 12.1 Å².